The maximum Gasteiger partial charge on any atom is 0.251 e. The lowest BCUT2D eigenvalue weighted by Crippen LogP contribution is -2.51. The van der Waals surface area contributed by atoms with Gasteiger partial charge in [-0.1, -0.05) is 0 Å². The van der Waals surface area contributed by atoms with Gasteiger partial charge in [-0.05, 0) is 33.1 Å². The molecule has 19 heavy (non-hydrogen) atoms. The van der Waals surface area contributed by atoms with Gasteiger partial charge in [0.1, 0.15) is 6.10 Å². The van der Waals surface area contributed by atoms with Crippen LogP contribution in [0.1, 0.15) is 33.1 Å². The molecule has 0 bridgehead atoms. The lowest BCUT2D eigenvalue weighted by Gasteiger charge is -2.36. The van der Waals surface area contributed by atoms with Gasteiger partial charge in [0.15, 0.2) is 0 Å². The van der Waals surface area contributed by atoms with E-state index in [1.807, 2.05) is 11.8 Å². The van der Waals surface area contributed by atoms with Crippen LogP contribution in [0.2, 0.25) is 0 Å². The topological polar surface area (TPSA) is 64.8 Å². The average Bonchev–Trinajstić information content (AvgIpc) is 2.42. The Kier molecular flexibility index (Phi) is 10.2. The maximum absolute atomic E-state index is 12.2. The zero-order valence-corrected chi connectivity index (χ0v) is 12.8. The molecule has 0 aromatic carbocycles. The normalized spacial score (nSPS) is 20.8. The first-order valence-electron chi connectivity index (χ1n) is 6.90. The van der Waals surface area contributed by atoms with Crippen molar-refractivity contribution in [3.05, 3.63) is 0 Å². The molecule has 1 heterocycles. The van der Waals surface area contributed by atoms with E-state index < -0.39 is 6.10 Å². The van der Waals surface area contributed by atoms with Gasteiger partial charge in [-0.25, -0.2) is 0 Å². The minimum atomic E-state index is -0.405. The maximum atomic E-state index is 12.2. The van der Waals surface area contributed by atoms with Crippen LogP contribution >= 0.6 is 12.4 Å². The lowest BCUT2D eigenvalue weighted by molar-refractivity contribution is -0.147. The van der Waals surface area contributed by atoms with E-state index >= 15 is 0 Å². The van der Waals surface area contributed by atoms with Crippen LogP contribution in [0.5, 0.6) is 0 Å². The quantitative estimate of drug-likeness (QED) is 0.716. The van der Waals surface area contributed by atoms with Gasteiger partial charge >= 0.3 is 0 Å². The third-order valence-corrected chi connectivity index (χ3v) is 3.33. The molecule has 2 N–H and O–H groups in total. The first-order chi connectivity index (χ1) is 8.70. The third kappa shape index (κ3) is 6.08. The van der Waals surface area contributed by atoms with Crippen molar-refractivity contribution >= 4 is 18.3 Å². The number of carbonyl (C=O) groups excluding carboxylic acids is 1. The SMILES string of the molecule is CCOCCOC(C)C(=O)N1CCCCC1CN.Cl. The summed E-state index contributed by atoms with van der Waals surface area (Å²) in [5.74, 6) is 0.0571. The van der Waals surface area contributed by atoms with Crippen LogP contribution in [-0.2, 0) is 14.3 Å². The Labute approximate surface area is 122 Å². The van der Waals surface area contributed by atoms with Gasteiger partial charge < -0.3 is 20.1 Å². The van der Waals surface area contributed by atoms with Crippen molar-refractivity contribution in [1.29, 1.82) is 0 Å². The van der Waals surface area contributed by atoms with E-state index in [-0.39, 0.29) is 24.4 Å². The van der Waals surface area contributed by atoms with Gasteiger partial charge in [-0.3, -0.25) is 4.79 Å². The minimum Gasteiger partial charge on any atom is -0.379 e. The fraction of sp³-hybridized carbons (Fsp3) is 0.923. The van der Waals surface area contributed by atoms with Crippen molar-refractivity contribution in [2.75, 3.05) is 32.9 Å². The summed E-state index contributed by atoms with van der Waals surface area (Å²) in [6.45, 7) is 6.76. The standard InChI is InChI=1S/C13H26N2O3.ClH/c1-3-17-8-9-18-11(2)13(16)15-7-5-4-6-12(15)10-14;/h11-12H,3-10,14H2,1-2H3;1H. The van der Waals surface area contributed by atoms with Crippen molar-refractivity contribution in [3.8, 4) is 0 Å². The minimum absolute atomic E-state index is 0. The van der Waals surface area contributed by atoms with Crippen molar-refractivity contribution in [2.24, 2.45) is 5.73 Å². The number of carbonyl (C=O) groups is 1. The van der Waals surface area contributed by atoms with Crippen LogP contribution in [0.25, 0.3) is 0 Å². The Morgan fingerprint density at radius 2 is 2.16 bits per heavy atom. The number of hydrogen-bond acceptors (Lipinski definition) is 4. The van der Waals surface area contributed by atoms with Crippen LogP contribution in [0.3, 0.4) is 0 Å². The fourth-order valence-corrected chi connectivity index (χ4v) is 2.27. The van der Waals surface area contributed by atoms with Gasteiger partial charge in [0.2, 0.25) is 0 Å². The molecule has 5 nitrogen and oxygen atoms in total. The van der Waals surface area contributed by atoms with Crippen LogP contribution in [0, 0.1) is 0 Å². The van der Waals surface area contributed by atoms with E-state index in [0.717, 1.165) is 25.8 Å². The van der Waals surface area contributed by atoms with Crippen molar-refractivity contribution in [1.82, 2.24) is 4.90 Å². The Morgan fingerprint density at radius 1 is 1.42 bits per heavy atom. The number of hydrogen-bond donors (Lipinski definition) is 1. The van der Waals surface area contributed by atoms with Crippen LogP contribution in [-0.4, -0.2) is 55.9 Å². The van der Waals surface area contributed by atoms with Crippen LogP contribution in [0.4, 0.5) is 0 Å². The zero-order valence-electron chi connectivity index (χ0n) is 12.0. The molecule has 2 atom stereocenters. The number of likely N-dealkylation sites (tertiary alicyclic amines) is 1. The van der Waals surface area contributed by atoms with Crippen LogP contribution in [0.15, 0.2) is 0 Å². The molecule has 114 valence electrons. The predicted octanol–water partition coefficient (Wildman–Crippen LogP) is 1.19. The number of ether oxygens (including phenoxy) is 2. The first kappa shape index (κ1) is 18.6. The van der Waals surface area contributed by atoms with E-state index in [1.54, 1.807) is 6.92 Å². The molecule has 1 fully saturated rings. The van der Waals surface area contributed by atoms with Crippen molar-refractivity contribution in [3.63, 3.8) is 0 Å². The van der Waals surface area contributed by atoms with Gasteiger partial charge in [0, 0.05) is 25.7 Å². The molecule has 0 saturated carbocycles. The van der Waals surface area contributed by atoms with Crippen molar-refractivity contribution in [2.45, 2.75) is 45.3 Å². The van der Waals surface area contributed by atoms with Gasteiger partial charge in [-0.15, -0.1) is 12.4 Å². The Morgan fingerprint density at radius 3 is 2.79 bits per heavy atom. The highest BCUT2D eigenvalue weighted by Crippen LogP contribution is 2.17. The number of halogens is 1. The second kappa shape index (κ2) is 10.4. The van der Waals surface area contributed by atoms with E-state index in [4.69, 9.17) is 15.2 Å². The molecule has 0 aromatic heterocycles. The Balaban J connectivity index is 0.00000324. The molecule has 0 spiro atoms. The van der Waals surface area contributed by atoms with E-state index in [0.29, 0.717) is 26.4 Å². The van der Waals surface area contributed by atoms with E-state index in [2.05, 4.69) is 0 Å². The Bertz CT molecular complexity index is 254. The highest BCUT2D eigenvalue weighted by molar-refractivity contribution is 5.85. The van der Waals surface area contributed by atoms with Gasteiger partial charge in [0.05, 0.1) is 13.2 Å². The van der Waals surface area contributed by atoms with E-state index in [9.17, 15) is 4.79 Å². The zero-order chi connectivity index (χ0) is 13.4. The summed E-state index contributed by atoms with van der Waals surface area (Å²) in [6.07, 6.45) is 2.82. The van der Waals surface area contributed by atoms with Crippen LogP contribution < -0.4 is 5.73 Å². The average molecular weight is 295 g/mol. The van der Waals surface area contributed by atoms with E-state index in [1.165, 1.54) is 0 Å². The van der Waals surface area contributed by atoms with Crippen molar-refractivity contribution < 1.29 is 14.3 Å². The molecule has 6 heteroatoms. The molecule has 1 saturated heterocycles. The summed E-state index contributed by atoms with van der Waals surface area (Å²) in [4.78, 5) is 14.1. The summed E-state index contributed by atoms with van der Waals surface area (Å²) in [5, 5.41) is 0. The number of nitrogens with two attached hydrogens (primary N) is 1. The Hall–Kier alpha value is -0.360. The first-order valence-corrected chi connectivity index (χ1v) is 6.90. The van der Waals surface area contributed by atoms with Gasteiger partial charge in [0.25, 0.3) is 5.91 Å². The highest BCUT2D eigenvalue weighted by Gasteiger charge is 2.28. The molecular weight excluding hydrogens is 268 g/mol. The third-order valence-electron chi connectivity index (χ3n) is 3.33. The predicted molar refractivity (Wildman–Crippen MR) is 77.6 cm³/mol. The number of nitrogens with zero attached hydrogens (tertiary/aromatic N) is 1. The molecule has 0 aromatic rings. The summed E-state index contributed by atoms with van der Waals surface area (Å²) in [6, 6.07) is 0.184. The summed E-state index contributed by atoms with van der Waals surface area (Å²) < 4.78 is 10.7. The second-order valence-corrected chi connectivity index (χ2v) is 4.63. The molecule has 2 unspecified atom stereocenters. The fourth-order valence-electron chi connectivity index (χ4n) is 2.27. The van der Waals surface area contributed by atoms with Gasteiger partial charge in [-0.2, -0.15) is 0 Å². The second-order valence-electron chi connectivity index (χ2n) is 4.63. The number of rotatable bonds is 7. The number of piperidine rings is 1. The molecule has 1 aliphatic heterocycles. The molecule has 1 amide bonds. The lowest BCUT2D eigenvalue weighted by atomic mass is 10.0. The monoisotopic (exact) mass is 294 g/mol. The summed E-state index contributed by atoms with van der Waals surface area (Å²) in [7, 11) is 0. The molecular formula is C13H27ClN2O3. The molecule has 0 aliphatic carbocycles. The highest BCUT2D eigenvalue weighted by atomic mass is 35.5. The largest absolute Gasteiger partial charge is 0.379 e. The number of amides is 1. The molecule has 0 radical (unpaired) electrons. The molecule has 1 rings (SSSR count). The summed E-state index contributed by atoms with van der Waals surface area (Å²) >= 11 is 0. The molecule has 1 aliphatic rings. The smallest absolute Gasteiger partial charge is 0.251 e. The summed E-state index contributed by atoms with van der Waals surface area (Å²) in [5.41, 5.74) is 5.72.